The maximum atomic E-state index is 13.3. The fraction of sp³-hybridized carbons (Fsp3) is 0.238. The molecule has 1 atom stereocenters. The fourth-order valence-corrected chi connectivity index (χ4v) is 3.51. The van der Waals surface area contributed by atoms with Crippen molar-refractivity contribution in [3.8, 4) is 0 Å². The van der Waals surface area contributed by atoms with E-state index in [9.17, 15) is 14.0 Å². The molecule has 7 nitrogen and oxygen atoms in total. The molecule has 0 spiro atoms. The Balaban J connectivity index is 1.35. The van der Waals surface area contributed by atoms with Crippen molar-refractivity contribution in [1.29, 1.82) is 0 Å². The largest absolute Gasteiger partial charge is 0.343 e. The van der Waals surface area contributed by atoms with Crippen LogP contribution in [0.15, 0.2) is 53.1 Å². The summed E-state index contributed by atoms with van der Waals surface area (Å²) >= 11 is 5.81. The Morgan fingerprint density at radius 3 is 2.83 bits per heavy atom. The van der Waals surface area contributed by atoms with Gasteiger partial charge in [-0.15, -0.1) is 0 Å². The van der Waals surface area contributed by atoms with Crippen LogP contribution in [0.1, 0.15) is 40.0 Å². The highest BCUT2D eigenvalue weighted by molar-refractivity contribution is 6.30. The molecule has 2 aromatic carbocycles. The van der Waals surface area contributed by atoms with E-state index in [0.29, 0.717) is 24.5 Å². The van der Waals surface area contributed by atoms with E-state index in [1.807, 2.05) is 6.07 Å². The number of nitrogens with zero attached hydrogens (tertiary/aromatic N) is 3. The van der Waals surface area contributed by atoms with Gasteiger partial charge in [-0.25, -0.2) is 4.39 Å². The molecule has 0 aliphatic carbocycles. The molecule has 9 heteroatoms. The van der Waals surface area contributed by atoms with Crippen LogP contribution in [0.4, 0.5) is 4.39 Å². The number of nitrogens with one attached hydrogen (secondary N) is 1. The Morgan fingerprint density at radius 2 is 2.07 bits per heavy atom. The van der Waals surface area contributed by atoms with Gasteiger partial charge in [0, 0.05) is 31.0 Å². The van der Waals surface area contributed by atoms with Crippen LogP contribution in [0, 0.1) is 5.82 Å². The molecule has 4 rings (SSSR count). The average molecular weight is 429 g/mol. The first-order valence-electron chi connectivity index (χ1n) is 9.37. The Morgan fingerprint density at radius 1 is 1.27 bits per heavy atom. The number of benzene rings is 2. The molecule has 1 N–H and O–H groups in total. The number of hydrogen-bond donors (Lipinski definition) is 1. The fourth-order valence-electron chi connectivity index (χ4n) is 3.31. The van der Waals surface area contributed by atoms with E-state index in [4.69, 9.17) is 16.1 Å². The van der Waals surface area contributed by atoms with Gasteiger partial charge in [-0.05, 0) is 29.8 Å². The van der Waals surface area contributed by atoms with Crippen molar-refractivity contribution in [2.24, 2.45) is 0 Å². The molecule has 1 aromatic heterocycles. The van der Waals surface area contributed by atoms with Crippen LogP contribution < -0.4 is 5.32 Å². The van der Waals surface area contributed by atoms with E-state index >= 15 is 0 Å². The van der Waals surface area contributed by atoms with Crippen molar-refractivity contribution in [2.75, 3.05) is 6.54 Å². The molecule has 3 aromatic rings. The molecule has 1 aliphatic rings. The van der Waals surface area contributed by atoms with Crippen molar-refractivity contribution < 1.29 is 18.5 Å². The van der Waals surface area contributed by atoms with Crippen molar-refractivity contribution >= 4 is 23.4 Å². The van der Waals surface area contributed by atoms with E-state index in [1.54, 1.807) is 35.2 Å². The quantitative estimate of drug-likeness (QED) is 0.650. The van der Waals surface area contributed by atoms with Crippen molar-refractivity contribution in [3.63, 3.8) is 0 Å². The number of carbonyl (C=O) groups is 2. The number of rotatable bonds is 6. The highest BCUT2D eigenvalue weighted by Crippen LogP contribution is 2.28. The van der Waals surface area contributed by atoms with Crippen LogP contribution in [0.2, 0.25) is 5.02 Å². The zero-order chi connectivity index (χ0) is 21.1. The van der Waals surface area contributed by atoms with Gasteiger partial charge >= 0.3 is 0 Å². The lowest BCUT2D eigenvalue weighted by molar-refractivity contribution is -0.128. The minimum absolute atomic E-state index is 0.0241. The van der Waals surface area contributed by atoms with E-state index in [1.165, 1.54) is 12.1 Å². The topological polar surface area (TPSA) is 88.3 Å². The predicted molar refractivity (Wildman–Crippen MR) is 106 cm³/mol. The zero-order valence-electron chi connectivity index (χ0n) is 15.8. The second-order valence-electron chi connectivity index (χ2n) is 7.02. The molecule has 154 valence electrons. The van der Waals surface area contributed by atoms with Gasteiger partial charge in [0.05, 0.1) is 11.6 Å². The summed E-state index contributed by atoms with van der Waals surface area (Å²) in [6.45, 7) is 0.843. The Bertz CT molecular complexity index is 1070. The van der Waals surface area contributed by atoms with Gasteiger partial charge in [0.2, 0.25) is 11.8 Å². The smallest absolute Gasteiger partial charge is 0.251 e. The zero-order valence-corrected chi connectivity index (χ0v) is 16.6. The predicted octanol–water partition coefficient (Wildman–Crippen LogP) is 3.31. The Kier molecular flexibility index (Phi) is 5.76. The van der Waals surface area contributed by atoms with Crippen molar-refractivity contribution in [2.45, 2.75) is 25.4 Å². The van der Waals surface area contributed by atoms with Crippen LogP contribution in [-0.2, 0) is 17.9 Å². The summed E-state index contributed by atoms with van der Waals surface area (Å²) < 4.78 is 18.5. The molecule has 0 bridgehead atoms. The summed E-state index contributed by atoms with van der Waals surface area (Å²) in [5, 5.41) is 6.71. The normalized spacial score (nSPS) is 16.1. The summed E-state index contributed by atoms with van der Waals surface area (Å²) in [6.07, 6.45) is 0.254. The summed E-state index contributed by atoms with van der Waals surface area (Å²) in [5.41, 5.74) is 1.28. The second kappa shape index (κ2) is 8.62. The van der Waals surface area contributed by atoms with E-state index in [-0.39, 0.29) is 41.6 Å². The molecule has 2 heterocycles. The molecule has 0 radical (unpaired) electrons. The highest BCUT2D eigenvalue weighted by Gasteiger charge is 2.33. The third kappa shape index (κ3) is 4.49. The van der Waals surface area contributed by atoms with E-state index in [2.05, 4.69) is 15.5 Å². The molecule has 0 saturated carbocycles. The standard InChI is InChI=1S/C21H18ClFN4O3/c22-16-8-13(6-7-17(16)23)11-27-12-15(9-19(27)28)20-25-18(30-26-20)10-24-21(29)14-4-2-1-3-5-14/h1-8,15H,9-12H2,(H,24,29). The van der Waals surface area contributed by atoms with Gasteiger partial charge in [-0.1, -0.05) is 41.0 Å². The van der Waals surface area contributed by atoms with Crippen molar-refractivity contribution in [3.05, 3.63) is 82.2 Å². The van der Waals surface area contributed by atoms with Gasteiger partial charge in [-0.2, -0.15) is 4.98 Å². The van der Waals surface area contributed by atoms with Crippen LogP contribution in [0.25, 0.3) is 0 Å². The Labute approximate surface area is 176 Å². The third-order valence-corrected chi connectivity index (χ3v) is 5.15. The molecule has 1 fully saturated rings. The highest BCUT2D eigenvalue weighted by atomic mass is 35.5. The first kappa shape index (κ1) is 20.0. The van der Waals surface area contributed by atoms with Gasteiger partial charge < -0.3 is 14.7 Å². The number of likely N-dealkylation sites (tertiary alicyclic amines) is 1. The first-order valence-corrected chi connectivity index (χ1v) is 9.75. The van der Waals surface area contributed by atoms with Gasteiger partial charge in [-0.3, -0.25) is 9.59 Å². The molecular formula is C21H18ClFN4O3. The van der Waals surface area contributed by atoms with Gasteiger partial charge in [0.1, 0.15) is 5.82 Å². The average Bonchev–Trinajstić information content (AvgIpc) is 3.36. The number of carbonyl (C=O) groups excluding carboxylic acids is 2. The SMILES string of the molecule is O=C(NCc1nc(C2CC(=O)N(Cc3ccc(F)c(Cl)c3)C2)no1)c1ccccc1. The summed E-state index contributed by atoms with van der Waals surface area (Å²) in [6, 6.07) is 13.2. The van der Waals surface area contributed by atoms with Gasteiger partial charge in [0.25, 0.3) is 5.91 Å². The van der Waals surface area contributed by atoms with E-state index in [0.717, 1.165) is 5.56 Å². The lowest BCUT2D eigenvalue weighted by Crippen LogP contribution is -2.24. The van der Waals surface area contributed by atoms with Crippen LogP contribution in [-0.4, -0.2) is 33.4 Å². The minimum Gasteiger partial charge on any atom is -0.343 e. The molecule has 2 amide bonds. The van der Waals surface area contributed by atoms with Crippen molar-refractivity contribution in [1.82, 2.24) is 20.4 Å². The molecule has 1 aliphatic heterocycles. The monoisotopic (exact) mass is 428 g/mol. The van der Waals surface area contributed by atoms with Crippen LogP contribution in [0.5, 0.6) is 0 Å². The molecule has 1 unspecified atom stereocenters. The summed E-state index contributed by atoms with van der Waals surface area (Å²) in [4.78, 5) is 30.4. The maximum absolute atomic E-state index is 13.3. The first-order chi connectivity index (χ1) is 14.5. The minimum atomic E-state index is -0.496. The summed E-state index contributed by atoms with van der Waals surface area (Å²) in [5.74, 6) is -0.308. The van der Waals surface area contributed by atoms with E-state index < -0.39 is 5.82 Å². The number of aromatic nitrogens is 2. The molecule has 30 heavy (non-hydrogen) atoms. The Hall–Kier alpha value is -3.26. The number of amides is 2. The molecular weight excluding hydrogens is 411 g/mol. The summed E-state index contributed by atoms with van der Waals surface area (Å²) in [7, 11) is 0. The number of halogens is 2. The van der Waals surface area contributed by atoms with Gasteiger partial charge in [0.15, 0.2) is 5.82 Å². The lowest BCUT2D eigenvalue weighted by Gasteiger charge is -2.16. The number of hydrogen-bond acceptors (Lipinski definition) is 5. The maximum Gasteiger partial charge on any atom is 0.251 e. The lowest BCUT2D eigenvalue weighted by atomic mass is 10.1. The molecule has 1 saturated heterocycles. The third-order valence-electron chi connectivity index (χ3n) is 4.86. The van der Waals surface area contributed by atoms with Crippen LogP contribution >= 0.6 is 11.6 Å². The second-order valence-corrected chi connectivity index (χ2v) is 7.43. The van der Waals surface area contributed by atoms with Crippen LogP contribution in [0.3, 0.4) is 0 Å².